The van der Waals surface area contributed by atoms with E-state index in [0.717, 1.165) is 0 Å². The molecule has 0 aliphatic rings. The van der Waals surface area contributed by atoms with Crippen LogP contribution in [0.25, 0.3) is 0 Å². The highest BCUT2D eigenvalue weighted by Crippen LogP contribution is 2.22. The second-order valence-corrected chi connectivity index (χ2v) is 4.86. The summed E-state index contributed by atoms with van der Waals surface area (Å²) in [7, 11) is 0. The standard InChI is InChI=1S/C14H19N3O3/c1-4-16-14(3,10-15)9-11(2)20-13-7-5-6-12(8-13)17(18)19/h5-8,11,16H,4,9H2,1-3H3. The molecule has 0 radical (unpaired) electrons. The first-order valence-electron chi connectivity index (χ1n) is 6.47. The Kier molecular flexibility index (Phi) is 5.47. The molecule has 6 nitrogen and oxygen atoms in total. The number of nitro benzene ring substituents is 1. The summed E-state index contributed by atoms with van der Waals surface area (Å²) < 4.78 is 5.65. The molecule has 1 rings (SSSR count). The Balaban J connectivity index is 2.71. The van der Waals surface area contributed by atoms with Gasteiger partial charge < -0.3 is 4.74 Å². The van der Waals surface area contributed by atoms with Crippen molar-refractivity contribution in [3.63, 3.8) is 0 Å². The molecule has 1 aromatic carbocycles. The average Bonchev–Trinajstić information content (AvgIpc) is 2.39. The van der Waals surface area contributed by atoms with Crippen molar-refractivity contribution in [2.45, 2.75) is 38.8 Å². The second kappa shape index (κ2) is 6.87. The van der Waals surface area contributed by atoms with Gasteiger partial charge in [0.25, 0.3) is 5.69 Å². The quantitative estimate of drug-likeness (QED) is 0.611. The van der Waals surface area contributed by atoms with Gasteiger partial charge in [0.2, 0.25) is 0 Å². The van der Waals surface area contributed by atoms with E-state index in [1.807, 2.05) is 20.8 Å². The number of nitrogens with zero attached hydrogens (tertiary/aromatic N) is 2. The van der Waals surface area contributed by atoms with Crippen LogP contribution in [0.1, 0.15) is 27.2 Å². The Labute approximate surface area is 118 Å². The van der Waals surface area contributed by atoms with Gasteiger partial charge in [0.15, 0.2) is 0 Å². The van der Waals surface area contributed by atoms with Gasteiger partial charge in [0.1, 0.15) is 11.3 Å². The van der Waals surface area contributed by atoms with Gasteiger partial charge in [-0.25, -0.2) is 0 Å². The molecule has 2 atom stereocenters. The maximum Gasteiger partial charge on any atom is 0.273 e. The van der Waals surface area contributed by atoms with Crippen molar-refractivity contribution in [1.29, 1.82) is 5.26 Å². The molecule has 2 unspecified atom stereocenters. The SMILES string of the molecule is CCNC(C)(C#N)CC(C)Oc1cccc([N+](=O)[O-])c1. The van der Waals surface area contributed by atoms with Crippen molar-refractivity contribution >= 4 is 5.69 Å². The summed E-state index contributed by atoms with van der Waals surface area (Å²) in [4.78, 5) is 10.2. The van der Waals surface area contributed by atoms with Crippen LogP contribution in [0.4, 0.5) is 5.69 Å². The average molecular weight is 277 g/mol. The number of nitrogens with one attached hydrogen (secondary N) is 1. The highest BCUT2D eigenvalue weighted by molar-refractivity contribution is 5.38. The lowest BCUT2D eigenvalue weighted by molar-refractivity contribution is -0.384. The number of benzene rings is 1. The molecule has 1 N–H and O–H groups in total. The summed E-state index contributed by atoms with van der Waals surface area (Å²) in [5, 5.41) is 23.0. The van der Waals surface area contributed by atoms with Crippen LogP contribution >= 0.6 is 0 Å². The van der Waals surface area contributed by atoms with Gasteiger partial charge in [-0.05, 0) is 26.5 Å². The Morgan fingerprint density at radius 1 is 1.60 bits per heavy atom. The first kappa shape index (κ1) is 15.9. The Morgan fingerprint density at radius 2 is 2.30 bits per heavy atom. The molecule has 0 saturated heterocycles. The minimum absolute atomic E-state index is 0.00979. The number of non-ortho nitro benzene ring substituents is 1. The number of hydrogen-bond acceptors (Lipinski definition) is 5. The molecule has 0 fully saturated rings. The molecule has 0 bridgehead atoms. The lowest BCUT2D eigenvalue weighted by Crippen LogP contribution is -2.44. The third-order valence-corrected chi connectivity index (χ3v) is 2.88. The van der Waals surface area contributed by atoms with Crippen molar-refractivity contribution in [3.8, 4) is 11.8 Å². The molecule has 0 aliphatic carbocycles. The van der Waals surface area contributed by atoms with Gasteiger partial charge in [-0.2, -0.15) is 5.26 Å². The smallest absolute Gasteiger partial charge is 0.273 e. The molecule has 0 spiro atoms. The number of nitriles is 1. The van der Waals surface area contributed by atoms with E-state index < -0.39 is 10.5 Å². The monoisotopic (exact) mass is 277 g/mol. The van der Waals surface area contributed by atoms with Crippen LogP contribution < -0.4 is 10.1 Å². The van der Waals surface area contributed by atoms with Gasteiger partial charge in [-0.15, -0.1) is 0 Å². The summed E-state index contributed by atoms with van der Waals surface area (Å²) in [6.07, 6.45) is 0.251. The first-order chi connectivity index (χ1) is 9.40. The van der Waals surface area contributed by atoms with E-state index in [9.17, 15) is 15.4 Å². The predicted molar refractivity (Wildman–Crippen MR) is 75.5 cm³/mol. The lowest BCUT2D eigenvalue weighted by atomic mass is 9.96. The fraction of sp³-hybridized carbons (Fsp3) is 0.500. The second-order valence-electron chi connectivity index (χ2n) is 4.86. The molecule has 20 heavy (non-hydrogen) atoms. The zero-order chi connectivity index (χ0) is 15.2. The highest BCUT2D eigenvalue weighted by Gasteiger charge is 2.26. The molecular weight excluding hydrogens is 258 g/mol. The predicted octanol–water partition coefficient (Wildman–Crippen LogP) is 2.64. The molecule has 0 saturated carbocycles. The van der Waals surface area contributed by atoms with Gasteiger partial charge in [-0.1, -0.05) is 13.0 Å². The van der Waals surface area contributed by atoms with Gasteiger partial charge >= 0.3 is 0 Å². The largest absolute Gasteiger partial charge is 0.490 e. The fourth-order valence-corrected chi connectivity index (χ4v) is 2.07. The van der Waals surface area contributed by atoms with E-state index in [-0.39, 0.29) is 11.8 Å². The highest BCUT2D eigenvalue weighted by atomic mass is 16.6. The molecular formula is C14H19N3O3. The molecule has 0 aromatic heterocycles. The first-order valence-corrected chi connectivity index (χ1v) is 6.47. The molecule has 0 amide bonds. The van der Waals surface area contributed by atoms with Crippen LogP contribution in [0, 0.1) is 21.4 Å². The molecule has 0 heterocycles. The number of hydrogen-bond donors (Lipinski definition) is 1. The zero-order valence-electron chi connectivity index (χ0n) is 11.9. The summed E-state index contributed by atoms with van der Waals surface area (Å²) >= 11 is 0. The molecule has 0 aliphatic heterocycles. The Bertz CT molecular complexity index is 513. The molecule has 1 aromatic rings. The molecule has 108 valence electrons. The van der Waals surface area contributed by atoms with Crippen molar-refractivity contribution < 1.29 is 9.66 Å². The van der Waals surface area contributed by atoms with E-state index in [0.29, 0.717) is 18.7 Å². The van der Waals surface area contributed by atoms with Crippen LogP contribution in [0.15, 0.2) is 24.3 Å². The minimum Gasteiger partial charge on any atom is -0.490 e. The van der Waals surface area contributed by atoms with Crippen molar-refractivity contribution in [2.75, 3.05) is 6.54 Å². The van der Waals surface area contributed by atoms with Crippen molar-refractivity contribution in [1.82, 2.24) is 5.32 Å². The van der Waals surface area contributed by atoms with Crippen LogP contribution in [-0.2, 0) is 0 Å². The van der Waals surface area contributed by atoms with Crippen LogP contribution in [0.5, 0.6) is 5.75 Å². The Hall–Kier alpha value is -2.13. The van der Waals surface area contributed by atoms with Crippen LogP contribution in [0.2, 0.25) is 0 Å². The van der Waals surface area contributed by atoms with E-state index in [1.54, 1.807) is 12.1 Å². The van der Waals surface area contributed by atoms with Crippen LogP contribution in [-0.4, -0.2) is 23.1 Å². The van der Waals surface area contributed by atoms with Gasteiger partial charge in [0.05, 0.1) is 23.2 Å². The normalized spacial score (nSPS) is 14.9. The summed E-state index contributed by atoms with van der Waals surface area (Å²) in [5.41, 5.74) is -0.682. The van der Waals surface area contributed by atoms with E-state index in [2.05, 4.69) is 11.4 Å². The third kappa shape index (κ3) is 4.52. The van der Waals surface area contributed by atoms with Crippen molar-refractivity contribution in [3.05, 3.63) is 34.4 Å². The Morgan fingerprint density at radius 3 is 2.85 bits per heavy atom. The van der Waals surface area contributed by atoms with Gasteiger partial charge in [-0.3, -0.25) is 15.4 Å². The maximum absolute atomic E-state index is 10.7. The fourth-order valence-electron chi connectivity index (χ4n) is 2.07. The minimum atomic E-state index is -0.672. The van der Waals surface area contributed by atoms with Crippen molar-refractivity contribution in [2.24, 2.45) is 0 Å². The van der Waals surface area contributed by atoms with E-state index in [1.165, 1.54) is 12.1 Å². The van der Waals surface area contributed by atoms with Crippen LogP contribution in [0.3, 0.4) is 0 Å². The van der Waals surface area contributed by atoms with E-state index in [4.69, 9.17) is 4.74 Å². The zero-order valence-corrected chi connectivity index (χ0v) is 11.9. The number of rotatable bonds is 7. The number of nitro groups is 1. The topological polar surface area (TPSA) is 88.2 Å². The lowest BCUT2D eigenvalue weighted by Gasteiger charge is -2.26. The third-order valence-electron chi connectivity index (χ3n) is 2.88. The molecule has 6 heteroatoms. The summed E-state index contributed by atoms with van der Waals surface area (Å²) in [6, 6.07) is 8.27. The maximum atomic E-state index is 10.7. The number of ether oxygens (including phenoxy) is 1. The summed E-state index contributed by atoms with van der Waals surface area (Å²) in [5.74, 6) is 0.434. The summed E-state index contributed by atoms with van der Waals surface area (Å²) in [6.45, 7) is 6.27. The van der Waals surface area contributed by atoms with Gasteiger partial charge in [0, 0.05) is 12.5 Å². The van der Waals surface area contributed by atoms with E-state index >= 15 is 0 Å².